The second kappa shape index (κ2) is 5.92. The summed E-state index contributed by atoms with van der Waals surface area (Å²) in [6.07, 6.45) is 1.68. The minimum absolute atomic E-state index is 0.402. The molecular formula is C12H23BrOS. The maximum Gasteiger partial charge on any atom is 0.0666 e. The summed E-state index contributed by atoms with van der Waals surface area (Å²) < 4.78 is 5.58. The predicted octanol–water partition coefficient (Wildman–Crippen LogP) is 3.95. The molecule has 1 fully saturated rings. The van der Waals surface area contributed by atoms with E-state index < -0.39 is 0 Å². The molecule has 1 aliphatic rings. The molecule has 0 aromatic heterocycles. The third kappa shape index (κ3) is 4.27. The van der Waals surface area contributed by atoms with Crippen LogP contribution in [-0.4, -0.2) is 29.0 Å². The van der Waals surface area contributed by atoms with Crippen LogP contribution in [0.15, 0.2) is 0 Å². The number of rotatable bonds is 4. The van der Waals surface area contributed by atoms with Crippen LogP contribution in [0, 0.1) is 11.3 Å². The van der Waals surface area contributed by atoms with Crippen molar-refractivity contribution in [1.29, 1.82) is 0 Å². The van der Waals surface area contributed by atoms with Crippen LogP contribution >= 0.6 is 27.7 Å². The van der Waals surface area contributed by atoms with E-state index in [1.54, 1.807) is 0 Å². The fourth-order valence-electron chi connectivity index (χ4n) is 1.70. The number of alkyl halides is 1. The SMILES string of the molecule is CC1OCCC1SCC(CBr)C(C)(C)C. The fraction of sp³-hybridized carbons (Fsp3) is 1.00. The lowest BCUT2D eigenvalue weighted by Gasteiger charge is -2.30. The third-order valence-corrected chi connectivity index (χ3v) is 5.65. The maximum absolute atomic E-state index is 5.58. The first kappa shape index (κ1) is 13.9. The second-order valence-electron chi connectivity index (χ2n) is 5.45. The first-order valence-electron chi connectivity index (χ1n) is 5.74. The van der Waals surface area contributed by atoms with Crippen LogP contribution in [0.25, 0.3) is 0 Å². The van der Waals surface area contributed by atoms with E-state index in [2.05, 4.69) is 55.4 Å². The van der Waals surface area contributed by atoms with Gasteiger partial charge < -0.3 is 4.74 Å². The van der Waals surface area contributed by atoms with Crippen LogP contribution in [0.3, 0.4) is 0 Å². The molecule has 0 amide bonds. The molecule has 3 atom stereocenters. The van der Waals surface area contributed by atoms with Gasteiger partial charge in [-0.3, -0.25) is 0 Å². The molecule has 0 aliphatic carbocycles. The average Bonchev–Trinajstić information content (AvgIpc) is 2.50. The maximum atomic E-state index is 5.58. The predicted molar refractivity (Wildman–Crippen MR) is 73.0 cm³/mol. The first-order chi connectivity index (χ1) is 6.95. The van der Waals surface area contributed by atoms with Gasteiger partial charge in [0, 0.05) is 17.2 Å². The molecule has 0 aromatic rings. The van der Waals surface area contributed by atoms with Gasteiger partial charge in [-0.25, -0.2) is 0 Å². The minimum atomic E-state index is 0.402. The lowest BCUT2D eigenvalue weighted by molar-refractivity contribution is 0.127. The second-order valence-corrected chi connectivity index (χ2v) is 7.37. The van der Waals surface area contributed by atoms with E-state index in [0.717, 1.165) is 17.9 Å². The van der Waals surface area contributed by atoms with Crippen LogP contribution < -0.4 is 0 Å². The number of halogens is 1. The van der Waals surface area contributed by atoms with E-state index in [9.17, 15) is 0 Å². The molecule has 15 heavy (non-hydrogen) atoms. The molecule has 90 valence electrons. The van der Waals surface area contributed by atoms with Crippen LogP contribution in [0.2, 0.25) is 0 Å². The largest absolute Gasteiger partial charge is 0.377 e. The zero-order valence-electron chi connectivity index (χ0n) is 10.3. The van der Waals surface area contributed by atoms with Crippen LogP contribution in [0.5, 0.6) is 0 Å². The summed E-state index contributed by atoms with van der Waals surface area (Å²) in [5.41, 5.74) is 0.402. The van der Waals surface area contributed by atoms with Crippen molar-refractivity contribution in [2.45, 2.75) is 45.5 Å². The van der Waals surface area contributed by atoms with Crippen molar-refractivity contribution in [1.82, 2.24) is 0 Å². The van der Waals surface area contributed by atoms with Crippen molar-refractivity contribution in [3.63, 3.8) is 0 Å². The van der Waals surface area contributed by atoms with Gasteiger partial charge in [0.05, 0.1) is 6.10 Å². The van der Waals surface area contributed by atoms with Crippen LogP contribution in [0.4, 0.5) is 0 Å². The Balaban J connectivity index is 2.34. The molecule has 1 nitrogen and oxygen atoms in total. The van der Waals surface area contributed by atoms with Crippen molar-refractivity contribution in [3.8, 4) is 0 Å². The number of hydrogen-bond acceptors (Lipinski definition) is 2. The molecular weight excluding hydrogens is 272 g/mol. The molecule has 0 bridgehead atoms. The van der Waals surface area contributed by atoms with E-state index in [-0.39, 0.29) is 0 Å². The van der Waals surface area contributed by atoms with Gasteiger partial charge in [0.1, 0.15) is 0 Å². The zero-order chi connectivity index (χ0) is 11.5. The summed E-state index contributed by atoms with van der Waals surface area (Å²) in [6.45, 7) is 10.1. The Kier molecular flexibility index (Phi) is 5.47. The zero-order valence-corrected chi connectivity index (χ0v) is 12.7. The van der Waals surface area contributed by atoms with E-state index in [0.29, 0.717) is 16.8 Å². The van der Waals surface area contributed by atoms with Crippen molar-refractivity contribution in [2.75, 3.05) is 17.7 Å². The first-order valence-corrected chi connectivity index (χ1v) is 7.91. The molecule has 1 saturated heterocycles. The molecule has 1 aliphatic heterocycles. The van der Waals surface area contributed by atoms with Gasteiger partial charge in [-0.05, 0) is 30.4 Å². The highest BCUT2D eigenvalue weighted by Gasteiger charge is 2.28. The highest BCUT2D eigenvalue weighted by Crippen LogP contribution is 2.34. The topological polar surface area (TPSA) is 9.23 Å². The number of hydrogen-bond donors (Lipinski definition) is 0. The minimum Gasteiger partial charge on any atom is -0.377 e. The van der Waals surface area contributed by atoms with Gasteiger partial charge in [0.2, 0.25) is 0 Å². The molecule has 0 spiro atoms. The van der Waals surface area contributed by atoms with Gasteiger partial charge in [-0.1, -0.05) is 36.7 Å². The Morgan fingerprint density at radius 2 is 2.13 bits per heavy atom. The quantitative estimate of drug-likeness (QED) is 0.726. The standard InChI is InChI=1S/C12H23BrOS/c1-9-11(5-6-14-9)15-8-10(7-13)12(2,3)4/h9-11H,5-8H2,1-4H3. The number of ether oxygens (including phenoxy) is 1. The summed E-state index contributed by atoms with van der Waals surface area (Å²) in [5.74, 6) is 1.99. The van der Waals surface area contributed by atoms with Crippen LogP contribution in [0.1, 0.15) is 34.1 Å². The van der Waals surface area contributed by atoms with Crippen LogP contribution in [-0.2, 0) is 4.74 Å². The molecule has 0 saturated carbocycles. The van der Waals surface area contributed by atoms with Crippen molar-refractivity contribution >= 4 is 27.7 Å². The van der Waals surface area contributed by atoms with Gasteiger partial charge >= 0.3 is 0 Å². The molecule has 3 heteroatoms. The van der Waals surface area contributed by atoms with E-state index >= 15 is 0 Å². The Labute approximate surface area is 107 Å². The van der Waals surface area contributed by atoms with Gasteiger partial charge in [-0.15, -0.1) is 0 Å². The highest BCUT2D eigenvalue weighted by atomic mass is 79.9. The molecule has 1 heterocycles. The molecule has 0 N–H and O–H groups in total. The van der Waals surface area contributed by atoms with E-state index in [1.807, 2.05) is 0 Å². The number of thioether (sulfide) groups is 1. The highest BCUT2D eigenvalue weighted by molar-refractivity contribution is 9.09. The van der Waals surface area contributed by atoms with Crippen molar-refractivity contribution in [3.05, 3.63) is 0 Å². The lowest BCUT2D eigenvalue weighted by Crippen LogP contribution is -2.26. The summed E-state index contributed by atoms with van der Waals surface area (Å²) in [6, 6.07) is 0. The Hall–Kier alpha value is 0.790. The smallest absolute Gasteiger partial charge is 0.0666 e. The van der Waals surface area contributed by atoms with E-state index in [1.165, 1.54) is 12.2 Å². The van der Waals surface area contributed by atoms with Crippen molar-refractivity contribution in [2.24, 2.45) is 11.3 Å². The molecule has 1 rings (SSSR count). The average molecular weight is 295 g/mol. The molecule has 3 unspecified atom stereocenters. The Morgan fingerprint density at radius 3 is 2.53 bits per heavy atom. The third-order valence-electron chi connectivity index (χ3n) is 3.23. The Bertz CT molecular complexity index is 191. The normalized spacial score (nSPS) is 29.4. The monoisotopic (exact) mass is 294 g/mol. The molecule has 0 radical (unpaired) electrons. The van der Waals surface area contributed by atoms with Crippen molar-refractivity contribution < 1.29 is 4.74 Å². The molecule has 0 aromatic carbocycles. The van der Waals surface area contributed by atoms with Gasteiger partial charge in [-0.2, -0.15) is 11.8 Å². The van der Waals surface area contributed by atoms with Gasteiger partial charge in [0.25, 0.3) is 0 Å². The Morgan fingerprint density at radius 1 is 1.47 bits per heavy atom. The summed E-state index contributed by atoms with van der Waals surface area (Å²) in [4.78, 5) is 0. The summed E-state index contributed by atoms with van der Waals surface area (Å²) in [5, 5.41) is 1.82. The lowest BCUT2D eigenvalue weighted by atomic mass is 9.83. The fourth-order valence-corrected chi connectivity index (χ4v) is 4.91. The van der Waals surface area contributed by atoms with Gasteiger partial charge in [0.15, 0.2) is 0 Å². The van der Waals surface area contributed by atoms with E-state index in [4.69, 9.17) is 4.74 Å². The summed E-state index contributed by atoms with van der Waals surface area (Å²) >= 11 is 5.73. The summed E-state index contributed by atoms with van der Waals surface area (Å²) in [7, 11) is 0.